The number of carbonyl (C=O) groups excluding carboxylic acids is 1. The normalized spacial score (nSPS) is 10.7. The Morgan fingerprint density at radius 1 is 1.07 bits per heavy atom. The summed E-state index contributed by atoms with van der Waals surface area (Å²) < 4.78 is 4.97. The molecule has 0 bridgehead atoms. The SMILES string of the molecule is Cc1cc(C(=O)Nc2nc(-c3ccc(Cc4ccccc4)cc3)cs2)on1. The van der Waals surface area contributed by atoms with Gasteiger partial charge in [0, 0.05) is 17.0 Å². The predicted molar refractivity (Wildman–Crippen MR) is 106 cm³/mol. The predicted octanol–water partition coefficient (Wildman–Crippen LogP) is 4.95. The Balaban J connectivity index is 1.44. The lowest BCUT2D eigenvalue weighted by Crippen LogP contribution is -2.10. The minimum atomic E-state index is -0.352. The van der Waals surface area contributed by atoms with Crippen molar-refractivity contribution in [1.82, 2.24) is 10.1 Å². The van der Waals surface area contributed by atoms with E-state index < -0.39 is 0 Å². The number of nitrogens with zero attached hydrogens (tertiary/aromatic N) is 2. The molecule has 0 aliphatic carbocycles. The highest BCUT2D eigenvalue weighted by atomic mass is 32.1. The number of aromatic nitrogens is 2. The zero-order valence-corrected chi connectivity index (χ0v) is 15.5. The molecule has 0 unspecified atom stereocenters. The van der Waals surface area contributed by atoms with Crippen LogP contribution in [0, 0.1) is 6.92 Å². The molecule has 134 valence electrons. The van der Waals surface area contributed by atoms with Crippen LogP contribution >= 0.6 is 11.3 Å². The number of rotatable bonds is 5. The lowest BCUT2D eigenvalue weighted by atomic mass is 10.0. The van der Waals surface area contributed by atoms with Gasteiger partial charge in [0.05, 0.1) is 11.4 Å². The third kappa shape index (κ3) is 4.12. The fourth-order valence-electron chi connectivity index (χ4n) is 2.72. The first-order chi connectivity index (χ1) is 13.2. The lowest BCUT2D eigenvalue weighted by Gasteiger charge is -2.03. The maximum absolute atomic E-state index is 12.1. The molecule has 2 heterocycles. The highest BCUT2D eigenvalue weighted by Gasteiger charge is 2.14. The summed E-state index contributed by atoms with van der Waals surface area (Å²) in [5.41, 5.74) is 5.03. The molecule has 2 aromatic heterocycles. The summed E-state index contributed by atoms with van der Waals surface area (Å²) in [7, 11) is 0. The Morgan fingerprint density at radius 2 is 1.81 bits per heavy atom. The van der Waals surface area contributed by atoms with Gasteiger partial charge < -0.3 is 4.52 Å². The van der Waals surface area contributed by atoms with Gasteiger partial charge in [-0.15, -0.1) is 11.3 Å². The highest BCUT2D eigenvalue weighted by Crippen LogP contribution is 2.26. The Hall–Kier alpha value is -3.25. The van der Waals surface area contributed by atoms with Crippen LogP contribution in [0.4, 0.5) is 5.13 Å². The van der Waals surface area contributed by atoms with Gasteiger partial charge in [0.1, 0.15) is 0 Å². The smallest absolute Gasteiger partial charge is 0.296 e. The number of benzene rings is 2. The van der Waals surface area contributed by atoms with Crippen molar-refractivity contribution in [3.63, 3.8) is 0 Å². The maximum atomic E-state index is 12.1. The molecule has 0 spiro atoms. The van der Waals surface area contributed by atoms with Crippen molar-refractivity contribution in [3.05, 3.63) is 88.6 Å². The molecule has 5 nitrogen and oxygen atoms in total. The monoisotopic (exact) mass is 375 g/mol. The molecule has 4 aromatic rings. The number of amides is 1. The molecule has 0 saturated heterocycles. The lowest BCUT2D eigenvalue weighted by molar-refractivity contribution is 0.0988. The first-order valence-electron chi connectivity index (χ1n) is 8.51. The molecular formula is C21H17N3O2S. The number of aryl methyl sites for hydroxylation is 1. The van der Waals surface area contributed by atoms with E-state index in [1.807, 2.05) is 11.4 Å². The third-order valence-corrected chi connectivity index (χ3v) is 4.83. The van der Waals surface area contributed by atoms with E-state index in [-0.39, 0.29) is 11.7 Å². The van der Waals surface area contributed by atoms with Gasteiger partial charge in [-0.25, -0.2) is 4.98 Å². The molecule has 1 amide bonds. The molecule has 4 rings (SSSR count). The Kier molecular flexibility index (Phi) is 4.80. The van der Waals surface area contributed by atoms with Crippen molar-refractivity contribution in [2.24, 2.45) is 0 Å². The molecular weight excluding hydrogens is 358 g/mol. The van der Waals surface area contributed by atoms with E-state index in [9.17, 15) is 4.79 Å². The van der Waals surface area contributed by atoms with Gasteiger partial charge in [-0.2, -0.15) is 0 Å². The number of anilines is 1. The number of nitrogens with one attached hydrogen (secondary N) is 1. The fourth-order valence-corrected chi connectivity index (χ4v) is 3.43. The second kappa shape index (κ2) is 7.55. The van der Waals surface area contributed by atoms with Crippen molar-refractivity contribution in [2.75, 3.05) is 5.32 Å². The van der Waals surface area contributed by atoms with Gasteiger partial charge >= 0.3 is 0 Å². The van der Waals surface area contributed by atoms with Gasteiger partial charge in [0.2, 0.25) is 5.76 Å². The molecule has 0 aliphatic heterocycles. The van der Waals surface area contributed by atoms with Crippen molar-refractivity contribution in [3.8, 4) is 11.3 Å². The van der Waals surface area contributed by atoms with E-state index in [1.54, 1.807) is 13.0 Å². The molecule has 6 heteroatoms. The van der Waals surface area contributed by atoms with Crippen molar-refractivity contribution in [1.29, 1.82) is 0 Å². The van der Waals surface area contributed by atoms with Crippen LogP contribution in [-0.2, 0) is 6.42 Å². The van der Waals surface area contributed by atoms with Gasteiger partial charge in [0.15, 0.2) is 5.13 Å². The molecule has 2 aromatic carbocycles. The standard InChI is InChI=1S/C21H17N3O2S/c1-14-11-19(26-24-14)20(25)23-21-22-18(13-27-21)17-9-7-16(8-10-17)12-15-5-3-2-4-6-15/h2-11,13H,12H2,1H3,(H,22,23,25). The summed E-state index contributed by atoms with van der Waals surface area (Å²) in [4.78, 5) is 16.6. The topological polar surface area (TPSA) is 68.0 Å². The quantitative estimate of drug-likeness (QED) is 0.536. The highest BCUT2D eigenvalue weighted by molar-refractivity contribution is 7.14. The van der Waals surface area contributed by atoms with Crippen LogP contribution in [0.2, 0.25) is 0 Å². The largest absolute Gasteiger partial charge is 0.351 e. The molecule has 0 saturated carbocycles. The summed E-state index contributed by atoms with van der Waals surface area (Å²) in [5, 5.41) is 8.91. The zero-order chi connectivity index (χ0) is 18.6. The van der Waals surface area contributed by atoms with Crippen LogP contribution in [0.25, 0.3) is 11.3 Å². The second-order valence-electron chi connectivity index (χ2n) is 6.18. The van der Waals surface area contributed by atoms with Gasteiger partial charge in [-0.3, -0.25) is 10.1 Å². The number of thiazole rings is 1. The van der Waals surface area contributed by atoms with Gasteiger partial charge in [-0.05, 0) is 24.5 Å². The van der Waals surface area contributed by atoms with E-state index >= 15 is 0 Å². The van der Waals surface area contributed by atoms with E-state index in [1.165, 1.54) is 22.5 Å². The third-order valence-electron chi connectivity index (χ3n) is 4.08. The molecule has 0 fully saturated rings. The summed E-state index contributed by atoms with van der Waals surface area (Å²) in [5.74, 6) is -0.177. The van der Waals surface area contributed by atoms with Gasteiger partial charge in [-0.1, -0.05) is 59.8 Å². The first kappa shape index (κ1) is 17.2. The number of carbonyl (C=O) groups is 1. The summed E-state index contributed by atoms with van der Waals surface area (Å²) in [6.07, 6.45) is 0.899. The Morgan fingerprint density at radius 3 is 2.52 bits per heavy atom. The molecule has 1 N–H and O–H groups in total. The first-order valence-corrected chi connectivity index (χ1v) is 9.39. The van der Waals surface area contributed by atoms with Crippen molar-refractivity contribution < 1.29 is 9.32 Å². The number of hydrogen-bond donors (Lipinski definition) is 1. The molecule has 0 atom stereocenters. The molecule has 0 radical (unpaired) electrons. The van der Waals surface area contributed by atoms with Crippen LogP contribution in [-0.4, -0.2) is 16.0 Å². The van der Waals surface area contributed by atoms with Crippen LogP contribution in [0.15, 0.2) is 70.6 Å². The van der Waals surface area contributed by atoms with E-state index in [4.69, 9.17) is 4.52 Å². The average molecular weight is 375 g/mol. The van der Waals surface area contributed by atoms with E-state index in [0.29, 0.717) is 10.8 Å². The molecule has 0 aliphatic rings. The van der Waals surface area contributed by atoms with Crippen LogP contribution in [0.3, 0.4) is 0 Å². The zero-order valence-electron chi connectivity index (χ0n) is 14.7. The van der Waals surface area contributed by atoms with E-state index in [0.717, 1.165) is 17.7 Å². The maximum Gasteiger partial charge on any atom is 0.296 e. The minimum absolute atomic E-state index is 0.175. The fraction of sp³-hybridized carbons (Fsp3) is 0.0952. The van der Waals surface area contributed by atoms with Crippen LogP contribution in [0.5, 0.6) is 0 Å². The number of hydrogen-bond acceptors (Lipinski definition) is 5. The summed E-state index contributed by atoms with van der Waals surface area (Å²) in [6.45, 7) is 1.77. The van der Waals surface area contributed by atoms with Crippen LogP contribution in [0.1, 0.15) is 27.4 Å². The second-order valence-corrected chi connectivity index (χ2v) is 7.04. The van der Waals surface area contributed by atoms with Gasteiger partial charge in [0.25, 0.3) is 5.91 Å². The van der Waals surface area contributed by atoms with E-state index in [2.05, 4.69) is 64.0 Å². The summed E-state index contributed by atoms with van der Waals surface area (Å²) in [6, 6.07) is 20.3. The Bertz CT molecular complexity index is 1050. The molecule has 27 heavy (non-hydrogen) atoms. The summed E-state index contributed by atoms with van der Waals surface area (Å²) >= 11 is 1.38. The Labute approximate surface area is 160 Å². The minimum Gasteiger partial charge on any atom is -0.351 e. The van der Waals surface area contributed by atoms with Crippen LogP contribution < -0.4 is 5.32 Å². The van der Waals surface area contributed by atoms with Crippen molar-refractivity contribution in [2.45, 2.75) is 13.3 Å². The van der Waals surface area contributed by atoms with Crippen molar-refractivity contribution >= 4 is 22.4 Å². The average Bonchev–Trinajstić information content (AvgIpc) is 3.32.